The second kappa shape index (κ2) is 4.52. The van der Waals surface area contributed by atoms with Crippen LogP contribution in [0, 0.1) is 0 Å². The number of hydrogen-bond acceptors (Lipinski definition) is 2. The van der Waals surface area contributed by atoms with Crippen LogP contribution in [0.1, 0.15) is 23.2 Å². The molecule has 1 aliphatic carbocycles. The third kappa shape index (κ3) is 3.20. The van der Waals surface area contributed by atoms with Crippen molar-refractivity contribution in [1.29, 1.82) is 0 Å². The van der Waals surface area contributed by atoms with Gasteiger partial charge in [-0.05, 0) is 31.0 Å². The van der Waals surface area contributed by atoms with Gasteiger partial charge in [-0.1, -0.05) is 23.2 Å². The molecule has 0 aromatic heterocycles. The average Bonchev–Trinajstić information content (AvgIpc) is 2.96. The largest absolute Gasteiger partial charge is 0.307 e. The van der Waals surface area contributed by atoms with E-state index in [1.165, 1.54) is 12.8 Å². The smallest absolute Gasteiger partial charge is 0.176 e. The Morgan fingerprint density at radius 3 is 2.40 bits per heavy atom. The Labute approximate surface area is 98.6 Å². The first-order chi connectivity index (χ1) is 7.15. The third-order valence-corrected chi connectivity index (χ3v) is 2.75. The first-order valence-electron chi connectivity index (χ1n) is 4.88. The van der Waals surface area contributed by atoms with Crippen LogP contribution in [-0.4, -0.2) is 18.4 Å². The molecule has 0 spiro atoms. The fourth-order valence-electron chi connectivity index (χ4n) is 1.34. The minimum Gasteiger partial charge on any atom is -0.307 e. The van der Waals surface area contributed by atoms with Crippen LogP contribution in [0.2, 0.25) is 10.0 Å². The molecule has 1 fully saturated rings. The maximum Gasteiger partial charge on any atom is 0.176 e. The van der Waals surface area contributed by atoms with Crippen molar-refractivity contribution in [3.63, 3.8) is 0 Å². The lowest BCUT2D eigenvalue weighted by Gasteiger charge is -2.03. The number of carbonyl (C=O) groups excluding carboxylic acids is 1. The highest BCUT2D eigenvalue weighted by Gasteiger charge is 2.21. The van der Waals surface area contributed by atoms with E-state index in [1.54, 1.807) is 18.2 Å². The second-order valence-electron chi connectivity index (χ2n) is 3.74. The first-order valence-corrected chi connectivity index (χ1v) is 5.63. The van der Waals surface area contributed by atoms with Crippen molar-refractivity contribution in [2.45, 2.75) is 18.9 Å². The summed E-state index contributed by atoms with van der Waals surface area (Å²) in [6, 6.07) is 5.44. The third-order valence-electron chi connectivity index (χ3n) is 2.31. The SMILES string of the molecule is O=C(CNC1CC1)c1cc(Cl)cc(Cl)c1. The van der Waals surface area contributed by atoms with Gasteiger partial charge in [-0.25, -0.2) is 0 Å². The topological polar surface area (TPSA) is 29.1 Å². The molecular formula is C11H11Cl2NO. The molecule has 15 heavy (non-hydrogen) atoms. The van der Waals surface area contributed by atoms with Gasteiger partial charge in [0, 0.05) is 21.7 Å². The molecule has 0 bridgehead atoms. The van der Waals surface area contributed by atoms with Crippen LogP contribution < -0.4 is 5.32 Å². The van der Waals surface area contributed by atoms with Gasteiger partial charge in [-0.15, -0.1) is 0 Å². The molecule has 0 aliphatic heterocycles. The summed E-state index contributed by atoms with van der Waals surface area (Å²) in [5, 5.41) is 4.15. The fraction of sp³-hybridized carbons (Fsp3) is 0.364. The Morgan fingerprint density at radius 2 is 1.87 bits per heavy atom. The number of hydrogen-bond donors (Lipinski definition) is 1. The van der Waals surface area contributed by atoms with E-state index >= 15 is 0 Å². The monoisotopic (exact) mass is 243 g/mol. The molecule has 1 aliphatic rings. The number of ketones is 1. The maximum atomic E-state index is 11.7. The lowest BCUT2D eigenvalue weighted by Crippen LogP contribution is -2.24. The predicted molar refractivity (Wildman–Crippen MR) is 61.8 cm³/mol. The summed E-state index contributed by atoms with van der Waals surface area (Å²) in [5.74, 6) is 0.0336. The van der Waals surface area contributed by atoms with Crippen molar-refractivity contribution in [3.8, 4) is 0 Å². The van der Waals surface area contributed by atoms with E-state index in [-0.39, 0.29) is 5.78 Å². The molecule has 0 heterocycles. The molecule has 1 aromatic carbocycles. The number of nitrogens with one attached hydrogen (secondary N) is 1. The second-order valence-corrected chi connectivity index (χ2v) is 4.61. The summed E-state index contributed by atoms with van der Waals surface area (Å²) in [4.78, 5) is 11.7. The predicted octanol–water partition coefficient (Wildman–Crippen LogP) is 2.93. The zero-order valence-electron chi connectivity index (χ0n) is 8.09. The fourth-order valence-corrected chi connectivity index (χ4v) is 1.87. The quantitative estimate of drug-likeness (QED) is 0.825. The summed E-state index contributed by atoms with van der Waals surface area (Å²) in [7, 11) is 0. The van der Waals surface area contributed by atoms with E-state index in [2.05, 4.69) is 5.32 Å². The van der Waals surface area contributed by atoms with Gasteiger partial charge in [0.2, 0.25) is 0 Å². The highest BCUT2D eigenvalue weighted by Crippen LogP contribution is 2.20. The van der Waals surface area contributed by atoms with Crippen LogP contribution >= 0.6 is 23.2 Å². The minimum absolute atomic E-state index is 0.0336. The molecule has 4 heteroatoms. The molecule has 80 valence electrons. The van der Waals surface area contributed by atoms with Gasteiger partial charge in [0.25, 0.3) is 0 Å². The van der Waals surface area contributed by atoms with Gasteiger partial charge in [0.15, 0.2) is 5.78 Å². The van der Waals surface area contributed by atoms with E-state index in [0.29, 0.717) is 28.2 Å². The van der Waals surface area contributed by atoms with Crippen molar-refractivity contribution in [2.24, 2.45) is 0 Å². The van der Waals surface area contributed by atoms with Crippen LogP contribution in [0.15, 0.2) is 18.2 Å². The number of rotatable bonds is 4. The van der Waals surface area contributed by atoms with E-state index in [9.17, 15) is 4.79 Å². The highest BCUT2D eigenvalue weighted by atomic mass is 35.5. The van der Waals surface area contributed by atoms with Crippen molar-refractivity contribution in [2.75, 3.05) is 6.54 Å². The van der Waals surface area contributed by atoms with Gasteiger partial charge in [0.05, 0.1) is 6.54 Å². The molecule has 2 rings (SSSR count). The van der Waals surface area contributed by atoms with Crippen LogP contribution in [0.4, 0.5) is 0 Å². The van der Waals surface area contributed by atoms with E-state index in [1.807, 2.05) is 0 Å². The molecule has 1 saturated carbocycles. The van der Waals surface area contributed by atoms with E-state index < -0.39 is 0 Å². The summed E-state index contributed by atoms with van der Waals surface area (Å²) in [6.45, 7) is 0.362. The molecule has 0 unspecified atom stereocenters. The van der Waals surface area contributed by atoms with Crippen LogP contribution in [0.25, 0.3) is 0 Å². The average molecular weight is 244 g/mol. The Morgan fingerprint density at radius 1 is 1.27 bits per heavy atom. The molecule has 1 N–H and O–H groups in total. The van der Waals surface area contributed by atoms with Crippen molar-refractivity contribution >= 4 is 29.0 Å². The van der Waals surface area contributed by atoms with Gasteiger partial charge in [0.1, 0.15) is 0 Å². The molecule has 1 aromatic rings. The van der Waals surface area contributed by atoms with E-state index in [0.717, 1.165) is 0 Å². The summed E-state index contributed by atoms with van der Waals surface area (Å²) in [5.41, 5.74) is 0.570. The van der Waals surface area contributed by atoms with Crippen molar-refractivity contribution in [1.82, 2.24) is 5.32 Å². The Kier molecular flexibility index (Phi) is 3.29. The Hall–Kier alpha value is -0.570. The number of carbonyl (C=O) groups is 1. The molecular weight excluding hydrogens is 233 g/mol. The lowest BCUT2D eigenvalue weighted by molar-refractivity contribution is 0.0990. The zero-order valence-corrected chi connectivity index (χ0v) is 9.61. The maximum absolute atomic E-state index is 11.7. The van der Waals surface area contributed by atoms with Crippen molar-refractivity contribution in [3.05, 3.63) is 33.8 Å². The van der Waals surface area contributed by atoms with Gasteiger partial charge >= 0.3 is 0 Å². The number of halogens is 2. The number of Topliss-reactive ketones (excluding diaryl/α,β-unsaturated/α-hetero) is 1. The number of benzene rings is 1. The molecule has 0 atom stereocenters. The first kappa shape index (κ1) is 10.9. The Bertz CT molecular complexity index is 368. The van der Waals surface area contributed by atoms with Gasteiger partial charge < -0.3 is 5.32 Å². The highest BCUT2D eigenvalue weighted by molar-refractivity contribution is 6.35. The molecule has 2 nitrogen and oxygen atoms in total. The van der Waals surface area contributed by atoms with Crippen LogP contribution in [-0.2, 0) is 0 Å². The lowest BCUT2D eigenvalue weighted by atomic mass is 10.1. The summed E-state index contributed by atoms with van der Waals surface area (Å²) < 4.78 is 0. The van der Waals surface area contributed by atoms with Crippen LogP contribution in [0.5, 0.6) is 0 Å². The molecule has 0 radical (unpaired) electrons. The van der Waals surface area contributed by atoms with Crippen LogP contribution in [0.3, 0.4) is 0 Å². The van der Waals surface area contributed by atoms with Gasteiger partial charge in [-0.2, -0.15) is 0 Å². The summed E-state index contributed by atoms with van der Waals surface area (Å²) >= 11 is 11.6. The summed E-state index contributed by atoms with van der Waals surface area (Å²) in [6.07, 6.45) is 2.34. The van der Waals surface area contributed by atoms with Gasteiger partial charge in [-0.3, -0.25) is 4.79 Å². The zero-order chi connectivity index (χ0) is 10.8. The van der Waals surface area contributed by atoms with E-state index in [4.69, 9.17) is 23.2 Å². The minimum atomic E-state index is 0.0336. The standard InChI is InChI=1S/C11H11Cl2NO/c12-8-3-7(4-9(13)5-8)11(15)6-14-10-1-2-10/h3-5,10,14H,1-2,6H2. The molecule has 0 amide bonds. The Balaban J connectivity index is 2.02. The molecule has 0 saturated heterocycles. The normalized spacial score (nSPS) is 15.3. The van der Waals surface area contributed by atoms with Crippen molar-refractivity contribution < 1.29 is 4.79 Å².